The van der Waals surface area contributed by atoms with Crippen LogP contribution in [0, 0.1) is 0 Å². The molecule has 0 aliphatic heterocycles. The number of nitrogens with zero attached hydrogens (tertiary/aromatic N) is 6. The van der Waals surface area contributed by atoms with Gasteiger partial charge in [-0.15, -0.1) is 0 Å². The third-order valence-corrected chi connectivity index (χ3v) is 13.0. The van der Waals surface area contributed by atoms with Gasteiger partial charge in [-0.25, -0.2) is 9.97 Å². The molecular weight excluding hydrogens is 829 g/mol. The smallest absolute Gasteiger partial charge is 0.238 e. The summed E-state index contributed by atoms with van der Waals surface area (Å²) < 4.78 is 4.60. The van der Waals surface area contributed by atoms with E-state index in [-0.39, 0.29) is 0 Å². The molecule has 13 rings (SSSR count). The van der Waals surface area contributed by atoms with E-state index in [1.807, 2.05) is 66.7 Å². The summed E-state index contributed by atoms with van der Waals surface area (Å²) in [7, 11) is 0. The molecule has 0 amide bonds. The molecule has 0 unspecified atom stereocenters. The molecule has 0 saturated heterocycles. The Morgan fingerprint density at radius 2 is 0.618 bits per heavy atom. The number of aromatic nitrogens is 6. The molecule has 318 valence electrons. The van der Waals surface area contributed by atoms with Crippen molar-refractivity contribution in [1.82, 2.24) is 29.1 Å². The van der Waals surface area contributed by atoms with Crippen LogP contribution in [0.15, 0.2) is 243 Å². The van der Waals surface area contributed by atoms with Crippen molar-refractivity contribution in [1.29, 1.82) is 0 Å². The molecule has 13 aromatic rings. The number of hydrogen-bond donors (Lipinski definition) is 0. The van der Waals surface area contributed by atoms with E-state index in [4.69, 9.17) is 19.9 Å². The number of para-hydroxylation sites is 2. The van der Waals surface area contributed by atoms with Crippen molar-refractivity contribution in [3.8, 4) is 79.2 Å². The Labute approximate surface area is 392 Å². The summed E-state index contributed by atoms with van der Waals surface area (Å²) in [4.78, 5) is 20.6. The minimum Gasteiger partial charge on any atom is -0.309 e. The average molecular weight is 869 g/mol. The lowest BCUT2D eigenvalue weighted by Gasteiger charge is -2.13. The van der Waals surface area contributed by atoms with Crippen molar-refractivity contribution in [2.24, 2.45) is 0 Å². The first kappa shape index (κ1) is 39.1. The average Bonchev–Trinajstić information content (AvgIpc) is 3.93. The van der Waals surface area contributed by atoms with Gasteiger partial charge in [-0.2, -0.15) is 9.97 Å². The van der Waals surface area contributed by atoms with Crippen LogP contribution in [0.4, 0.5) is 0 Å². The zero-order valence-corrected chi connectivity index (χ0v) is 36.8. The van der Waals surface area contributed by atoms with Crippen LogP contribution < -0.4 is 0 Å². The molecule has 68 heavy (non-hydrogen) atoms. The number of rotatable bonds is 8. The van der Waals surface area contributed by atoms with E-state index >= 15 is 0 Å². The Kier molecular flexibility index (Phi) is 9.39. The van der Waals surface area contributed by atoms with Crippen LogP contribution >= 0.6 is 0 Å². The molecule has 0 aliphatic rings. The van der Waals surface area contributed by atoms with E-state index in [1.165, 1.54) is 16.5 Å². The molecule has 9 aromatic carbocycles. The summed E-state index contributed by atoms with van der Waals surface area (Å²) in [6.45, 7) is 0. The van der Waals surface area contributed by atoms with Crippen LogP contribution in [0.2, 0.25) is 0 Å². The maximum Gasteiger partial charge on any atom is 0.238 e. The lowest BCUT2D eigenvalue weighted by atomic mass is 9.98. The van der Waals surface area contributed by atoms with Crippen molar-refractivity contribution in [3.63, 3.8) is 0 Å². The third kappa shape index (κ3) is 6.82. The summed E-state index contributed by atoms with van der Waals surface area (Å²) in [5.41, 5.74) is 15.9. The maximum absolute atomic E-state index is 5.22. The molecule has 0 radical (unpaired) electrons. The summed E-state index contributed by atoms with van der Waals surface area (Å²) in [6, 6.07) is 85.2. The highest BCUT2D eigenvalue weighted by molar-refractivity contribution is 6.19. The second-order valence-electron chi connectivity index (χ2n) is 17.1. The van der Waals surface area contributed by atoms with Crippen LogP contribution in [0.25, 0.3) is 123 Å². The van der Waals surface area contributed by atoms with Crippen molar-refractivity contribution in [2.45, 2.75) is 0 Å². The molecule has 6 heteroatoms. The van der Waals surface area contributed by atoms with Gasteiger partial charge in [0.15, 0.2) is 11.6 Å². The zero-order chi connectivity index (χ0) is 45.0. The van der Waals surface area contributed by atoms with Crippen LogP contribution in [-0.2, 0) is 0 Å². The van der Waals surface area contributed by atoms with Gasteiger partial charge in [-0.3, -0.25) is 4.57 Å². The summed E-state index contributed by atoms with van der Waals surface area (Å²) in [5.74, 6) is 1.82. The van der Waals surface area contributed by atoms with Gasteiger partial charge in [0, 0.05) is 49.5 Å². The summed E-state index contributed by atoms with van der Waals surface area (Å²) >= 11 is 0. The lowest BCUT2D eigenvalue weighted by molar-refractivity contribution is 0.954. The molecule has 0 spiro atoms. The summed E-state index contributed by atoms with van der Waals surface area (Å²) in [5, 5.41) is 4.55. The molecule has 0 aliphatic carbocycles. The Balaban J connectivity index is 0.953. The molecule has 0 bridgehead atoms. The van der Waals surface area contributed by atoms with Crippen molar-refractivity contribution in [2.75, 3.05) is 0 Å². The fraction of sp³-hybridized carbons (Fsp3) is 0. The highest BCUT2D eigenvalue weighted by Crippen LogP contribution is 2.40. The molecule has 0 fully saturated rings. The van der Waals surface area contributed by atoms with E-state index in [2.05, 4.69) is 185 Å². The van der Waals surface area contributed by atoms with Crippen molar-refractivity contribution < 1.29 is 0 Å². The first-order valence-corrected chi connectivity index (χ1v) is 22.9. The predicted molar refractivity (Wildman–Crippen MR) is 279 cm³/mol. The van der Waals surface area contributed by atoms with Crippen LogP contribution in [-0.4, -0.2) is 29.1 Å². The molecule has 0 atom stereocenters. The minimum atomic E-state index is 0.571. The Morgan fingerprint density at radius 3 is 1.16 bits per heavy atom. The molecular formula is C62H40N6. The zero-order valence-electron chi connectivity index (χ0n) is 36.8. The second kappa shape index (κ2) is 16.3. The van der Waals surface area contributed by atoms with Gasteiger partial charge in [-0.05, 0) is 70.8 Å². The molecule has 0 saturated carbocycles. The van der Waals surface area contributed by atoms with E-state index in [0.29, 0.717) is 17.6 Å². The quantitative estimate of drug-likeness (QED) is 0.153. The normalized spacial score (nSPS) is 11.5. The molecule has 0 N–H and O–H groups in total. The maximum atomic E-state index is 5.22. The summed E-state index contributed by atoms with van der Waals surface area (Å²) in [6.07, 6.45) is 0. The molecule has 6 nitrogen and oxygen atoms in total. The Bertz CT molecular complexity index is 3920. The molecule has 4 heterocycles. The number of hydrogen-bond acceptors (Lipinski definition) is 4. The lowest BCUT2D eigenvalue weighted by Crippen LogP contribution is -2.06. The minimum absolute atomic E-state index is 0.571. The van der Waals surface area contributed by atoms with Gasteiger partial charge in [0.05, 0.1) is 33.5 Å². The van der Waals surface area contributed by atoms with E-state index < -0.39 is 0 Å². The highest BCUT2D eigenvalue weighted by Gasteiger charge is 2.21. The first-order valence-electron chi connectivity index (χ1n) is 22.9. The third-order valence-electron chi connectivity index (χ3n) is 13.0. The largest absolute Gasteiger partial charge is 0.309 e. The second-order valence-corrected chi connectivity index (χ2v) is 17.1. The van der Waals surface area contributed by atoms with Gasteiger partial charge in [0.1, 0.15) is 0 Å². The first-order chi connectivity index (χ1) is 33.7. The Morgan fingerprint density at radius 1 is 0.235 bits per heavy atom. The van der Waals surface area contributed by atoms with Gasteiger partial charge < -0.3 is 4.57 Å². The van der Waals surface area contributed by atoms with Crippen LogP contribution in [0.3, 0.4) is 0 Å². The highest BCUT2D eigenvalue weighted by atomic mass is 15.2. The SMILES string of the molecule is c1ccc(-c2ccc(-c3cc(-c4ccc(-n5c6ccccc6c6cc7c(cc65)c5ccccc5n7-c5nc(-c6ccccc6)nc(-c6ccccc6)n5)cc4)cc(-c4ccccc4)n3)cc2)cc1. The number of benzene rings is 9. The van der Waals surface area contributed by atoms with E-state index in [1.54, 1.807) is 0 Å². The number of pyridine rings is 1. The van der Waals surface area contributed by atoms with Gasteiger partial charge in [0.25, 0.3) is 0 Å². The Hall–Kier alpha value is -9.26. The van der Waals surface area contributed by atoms with E-state index in [9.17, 15) is 0 Å². The van der Waals surface area contributed by atoms with Crippen molar-refractivity contribution in [3.05, 3.63) is 243 Å². The monoisotopic (exact) mass is 868 g/mol. The topological polar surface area (TPSA) is 61.4 Å². The van der Waals surface area contributed by atoms with Gasteiger partial charge in [0.2, 0.25) is 5.95 Å². The van der Waals surface area contributed by atoms with Crippen molar-refractivity contribution >= 4 is 43.6 Å². The number of fused-ring (bicyclic) bond motifs is 6. The standard InChI is InChI=1S/C62H40N6/c1-5-17-41(18-6-1)42-29-31-45(32-30-42)55-38-48(37-54(63-55)44-19-7-2-8-20-44)43-33-35-49(36-34-43)67-56-27-15-13-25-50(56)52-40-59-53(39-58(52)67)51-26-14-16-28-57(51)68(59)62-65-60(46-21-9-3-10-22-46)64-61(66-62)47-23-11-4-12-24-47/h1-40H. The van der Waals surface area contributed by atoms with Crippen LogP contribution in [0.5, 0.6) is 0 Å². The fourth-order valence-corrected chi connectivity index (χ4v) is 9.69. The van der Waals surface area contributed by atoms with Gasteiger partial charge >= 0.3 is 0 Å². The van der Waals surface area contributed by atoms with Crippen LogP contribution in [0.1, 0.15) is 0 Å². The van der Waals surface area contributed by atoms with E-state index in [0.717, 1.165) is 88.7 Å². The molecule has 4 aromatic heterocycles. The van der Waals surface area contributed by atoms with Gasteiger partial charge in [-0.1, -0.05) is 194 Å². The fourth-order valence-electron chi connectivity index (χ4n) is 9.69. The predicted octanol–water partition coefficient (Wildman–Crippen LogP) is 15.5.